The van der Waals surface area contributed by atoms with E-state index in [0.717, 1.165) is 31.5 Å². The van der Waals surface area contributed by atoms with Gasteiger partial charge in [0, 0.05) is 13.6 Å². The van der Waals surface area contributed by atoms with Crippen molar-refractivity contribution >= 4 is 28.7 Å². The average molecular weight is 405 g/mol. The number of likely N-dealkylation sites (tertiary alicyclic amines) is 1. The summed E-state index contributed by atoms with van der Waals surface area (Å²) < 4.78 is 8.64. The van der Waals surface area contributed by atoms with E-state index >= 15 is 0 Å². The van der Waals surface area contributed by atoms with Gasteiger partial charge >= 0.3 is 6.09 Å². The van der Waals surface area contributed by atoms with Crippen molar-refractivity contribution in [2.45, 2.75) is 58.6 Å². The Morgan fingerprint density at radius 2 is 2.14 bits per heavy atom. The molecule has 0 N–H and O–H groups in total. The first-order valence-electron chi connectivity index (χ1n) is 7.45. The SMILES string of the molecule is CCc1c(I)c(C2CCCN2C(=O)OC(C)(C)C)nn1C. The Balaban J connectivity index is 2.25. The molecule has 1 aromatic rings. The first kappa shape index (κ1) is 16.6. The fourth-order valence-electron chi connectivity index (χ4n) is 2.74. The summed E-state index contributed by atoms with van der Waals surface area (Å²) in [6, 6.07) is 0.0400. The molecule has 118 valence electrons. The minimum atomic E-state index is -0.462. The third kappa shape index (κ3) is 3.52. The largest absolute Gasteiger partial charge is 0.444 e. The molecule has 0 aliphatic carbocycles. The van der Waals surface area contributed by atoms with Gasteiger partial charge in [-0.15, -0.1) is 0 Å². The van der Waals surface area contributed by atoms with Crippen LogP contribution in [0.15, 0.2) is 0 Å². The molecule has 21 heavy (non-hydrogen) atoms. The third-order valence-corrected chi connectivity index (χ3v) is 4.83. The van der Waals surface area contributed by atoms with Crippen molar-refractivity contribution in [1.29, 1.82) is 0 Å². The van der Waals surface area contributed by atoms with E-state index in [0.29, 0.717) is 0 Å². The lowest BCUT2D eigenvalue weighted by Crippen LogP contribution is -2.36. The first-order valence-corrected chi connectivity index (χ1v) is 8.53. The van der Waals surface area contributed by atoms with Crippen molar-refractivity contribution in [3.63, 3.8) is 0 Å². The van der Waals surface area contributed by atoms with Crippen LogP contribution in [-0.4, -0.2) is 32.9 Å². The summed E-state index contributed by atoms with van der Waals surface area (Å²) in [5.41, 5.74) is 1.77. The number of hydrogen-bond donors (Lipinski definition) is 0. The molecule has 1 aliphatic heterocycles. The number of carbonyl (C=O) groups is 1. The lowest BCUT2D eigenvalue weighted by molar-refractivity contribution is 0.0220. The molecular formula is C15H24IN3O2. The van der Waals surface area contributed by atoms with Crippen molar-refractivity contribution in [2.75, 3.05) is 6.54 Å². The highest BCUT2D eigenvalue weighted by atomic mass is 127. The van der Waals surface area contributed by atoms with Gasteiger partial charge in [-0.1, -0.05) is 6.92 Å². The van der Waals surface area contributed by atoms with E-state index in [1.54, 1.807) is 0 Å². The number of aromatic nitrogens is 2. The van der Waals surface area contributed by atoms with Crippen molar-refractivity contribution in [3.05, 3.63) is 15.0 Å². The maximum atomic E-state index is 12.4. The summed E-state index contributed by atoms with van der Waals surface area (Å²) in [4.78, 5) is 14.2. The van der Waals surface area contributed by atoms with Crippen molar-refractivity contribution in [1.82, 2.24) is 14.7 Å². The van der Waals surface area contributed by atoms with Gasteiger partial charge in [0.05, 0.1) is 21.0 Å². The van der Waals surface area contributed by atoms with Crippen LogP contribution < -0.4 is 0 Å². The molecule has 6 heteroatoms. The van der Waals surface area contributed by atoms with Crippen molar-refractivity contribution in [3.8, 4) is 0 Å². The van der Waals surface area contributed by atoms with E-state index in [9.17, 15) is 4.79 Å². The second-order valence-electron chi connectivity index (χ2n) is 6.45. The number of rotatable bonds is 2. The molecule has 0 saturated carbocycles. The average Bonchev–Trinajstić information content (AvgIpc) is 2.92. The minimum Gasteiger partial charge on any atom is -0.444 e. The Hall–Kier alpha value is -0.790. The van der Waals surface area contributed by atoms with Crippen LogP contribution in [0.2, 0.25) is 0 Å². The fourth-order valence-corrected chi connectivity index (χ4v) is 3.94. The normalized spacial score (nSPS) is 19.1. The van der Waals surface area contributed by atoms with Crippen LogP contribution in [0.5, 0.6) is 0 Å². The number of carbonyl (C=O) groups excluding carboxylic acids is 1. The zero-order chi connectivity index (χ0) is 15.8. The molecule has 1 aliphatic rings. The fraction of sp³-hybridized carbons (Fsp3) is 0.733. The molecule has 0 bridgehead atoms. The van der Waals surface area contributed by atoms with Gasteiger partial charge in [0.1, 0.15) is 5.60 Å². The third-order valence-electron chi connectivity index (χ3n) is 3.66. The topological polar surface area (TPSA) is 47.4 Å². The van der Waals surface area contributed by atoms with E-state index in [2.05, 4.69) is 34.6 Å². The highest BCUT2D eigenvalue weighted by molar-refractivity contribution is 14.1. The Morgan fingerprint density at radius 1 is 1.48 bits per heavy atom. The summed E-state index contributed by atoms with van der Waals surface area (Å²) in [7, 11) is 1.97. The molecule has 0 aromatic carbocycles. The summed E-state index contributed by atoms with van der Waals surface area (Å²) in [6.07, 6.45) is 2.67. The highest BCUT2D eigenvalue weighted by Gasteiger charge is 2.36. The Morgan fingerprint density at radius 3 is 2.67 bits per heavy atom. The second kappa shape index (κ2) is 6.14. The molecule has 1 amide bonds. The molecule has 2 rings (SSSR count). The summed E-state index contributed by atoms with van der Waals surface area (Å²) in [5, 5.41) is 4.65. The van der Waals surface area contributed by atoms with Gasteiger partial charge in [-0.25, -0.2) is 4.79 Å². The Bertz CT molecular complexity index is 534. The van der Waals surface area contributed by atoms with E-state index in [1.807, 2.05) is 37.4 Å². The van der Waals surface area contributed by atoms with Crippen LogP contribution in [0, 0.1) is 3.57 Å². The van der Waals surface area contributed by atoms with Crippen molar-refractivity contribution in [2.24, 2.45) is 7.05 Å². The van der Waals surface area contributed by atoms with Crippen LogP contribution in [0.25, 0.3) is 0 Å². The highest BCUT2D eigenvalue weighted by Crippen LogP contribution is 2.35. The number of nitrogens with zero attached hydrogens (tertiary/aromatic N) is 3. The van der Waals surface area contributed by atoms with Gasteiger partial charge < -0.3 is 4.74 Å². The van der Waals surface area contributed by atoms with Gasteiger partial charge in [0.25, 0.3) is 0 Å². The molecule has 5 nitrogen and oxygen atoms in total. The number of ether oxygens (including phenoxy) is 1. The molecule has 1 saturated heterocycles. The molecule has 1 unspecified atom stereocenters. The van der Waals surface area contributed by atoms with Crippen LogP contribution in [0.1, 0.15) is 58.0 Å². The van der Waals surface area contributed by atoms with Gasteiger partial charge in [-0.05, 0) is 62.6 Å². The predicted molar refractivity (Wildman–Crippen MR) is 90.2 cm³/mol. The predicted octanol–water partition coefficient (Wildman–Crippen LogP) is 3.66. The first-order chi connectivity index (χ1) is 9.74. The number of aryl methyl sites for hydroxylation is 1. The van der Waals surface area contributed by atoms with E-state index in [-0.39, 0.29) is 12.1 Å². The van der Waals surface area contributed by atoms with E-state index in [4.69, 9.17) is 4.74 Å². The standard InChI is InChI=1S/C15H24IN3O2/c1-6-10-12(16)13(17-18(10)5)11-8-7-9-19(11)14(20)21-15(2,3)4/h11H,6-9H2,1-5H3. The molecule has 0 spiro atoms. The van der Waals surface area contributed by atoms with E-state index in [1.165, 1.54) is 9.26 Å². The lowest BCUT2D eigenvalue weighted by Gasteiger charge is -2.28. The summed E-state index contributed by atoms with van der Waals surface area (Å²) in [5.74, 6) is 0. The minimum absolute atomic E-state index is 0.0400. The monoisotopic (exact) mass is 405 g/mol. The molecule has 0 radical (unpaired) electrons. The second-order valence-corrected chi connectivity index (χ2v) is 7.53. The van der Waals surface area contributed by atoms with Crippen LogP contribution in [-0.2, 0) is 18.2 Å². The maximum Gasteiger partial charge on any atom is 0.410 e. The van der Waals surface area contributed by atoms with Gasteiger partial charge in [0.15, 0.2) is 0 Å². The molecule has 1 atom stereocenters. The van der Waals surface area contributed by atoms with Crippen LogP contribution in [0.3, 0.4) is 0 Å². The number of hydrogen-bond acceptors (Lipinski definition) is 3. The van der Waals surface area contributed by atoms with E-state index < -0.39 is 5.60 Å². The van der Waals surface area contributed by atoms with Gasteiger partial charge in [0.2, 0.25) is 0 Å². The van der Waals surface area contributed by atoms with Crippen LogP contribution >= 0.6 is 22.6 Å². The molecule has 2 heterocycles. The maximum absolute atomic E-state index is 12.4. The summed E-state index contributed by atoms with van der Waals surface area (Å²) in [6.45, 7) is 8.57. The number of amides is 1. The van der Waals surface area contributed by atoms with Gasteiger partial charge in [-0.2, -0.15) is 5.10 Å². The molecule has 1 aromatic heterocycles. The zero-order valence-corrected chi connectivity index (χ0v) is 15.6. The molecular weight excluding hydrogens is 381 g/mol. The Labute approximate surface area is 140 Å². The number of halogens is 1. The zero-order valence-electron chi connectivity index (χ0n) is 13.4. The quantitative estimate of drug-likeness (QED) is 0.706. The van der Waals surface area contributed by atoms with Crippen molar-refractivity contribution < 1.29 is 9.53 Å². The molecule has 1 fully saturated rings. The Kier molecular flexibility index (Phi) is 4.85. The summed E-state index contributed by atoms with van der Waals surface area (Å²) >= 11 is 2.35. The lowest BCUT2D eigenvalue weighted by atomic mass is 10.1. The van der Waals surface area contributed by atoms with Crippen LogP contribution in [0.4, 0.5) is 4.79 Å². The van der Waals surface area contributed by atoms with Gasteiger partial charge in [-0.3, -0.25) is 9.58 Å². The smallest absolute Gasteiger partial charge is 0.410 e.